The van der Waals surface area contributed by atoms with Crippen molar-refractivity contribution < 1.29 is 9.59 Å². The first-order chi connectivity index (χ1) is 12.4. The molecule has 1 fully saturated rings. The Morgan fingerprint density at radius 2 is 1.46 bits per heavy atom. The van der Waals surface area contributed by atoms with Crippen molar-refractivity contribution >= 4 is 11.8 Å². The molecule has 1 aromatic heterocycles. The maximum atomic E-state index is 12.7. The number of aromatic nitrogens is 1. The van der Waals surface area contributed by atoms with Crippen LogP contribution in [0, 0.1) is 13.8 Å². The van der Waals surface area contributed by atoms with Gasteiger partial charge in [-0.05, 0) is 43.5 Å². The molecule has 2 aromatic rings. The molecule has 3 rings (SSSR count). The summed E-state index contributed by atoms with van der Waals surface area (Å²) in [4.78, 5) is 32.2. The average molecular weight is 353 g/mol. The second-order valence-electron chi connectivity index (χ2n) is 7.35. The lowest BCUT2D eigenvalue weighted by molar-refractivity contribution is 0.0535. The molecule has 0 saturated carbocycles. The zero-order chi connectivity index (χ0) is 18.8. The van der Waals surface area contributed by atoms with Crippen molar-refractivity contribution in [3.63, 3.8) is 0 Å². The Kier molecular flexibility index (Phi) is 5.16. The van der Waals surface area contributed by atoms with Gasteiger partial charge in [-0.25, -0.2) is 0 Å². The summed E-state index contributed by atoms with van der Waals surface area (Å²) >= 11 is 0. The minimum absolute atomic E-state index is 0.0419. The first kappa shape index (κ1) is 18.2. The monoisotopic (exact) mass is 353 g/mol. The lowest BCUT2D eigenvalue weighted by atomic mass is 10.0. The largest absolute Gasteiger partial charge is 0.362 e. The minimum atomic E-state index is 0.0419. The number of aromatic amines is 1. The first-order valence-electron chi connectivity index (χ1n) is 9.21. The molecular formula is C21H27N3O2. The molecule has 5 nitrogen and oxygen atoms in total. The van der Waals surface area contributed by atoms with E-state index in [1.54, 1.807) is 0 Å². The van der Waals surface area contributed by atoms with Crippen LogP contribution in [0.5, 0.6) is 0 Å². The number of aryl methyl sites for hydroxylation is 2. The van der Waals surface area contributed by atoms with Crippen LogP contribution in [0.1, 0.15) is 57.4 Å². The van der Waals surface area contributed by atoms with Crippen LogP contribution in [0.4, 0.5) is 0 Å². The van der Waals surface area contributed by atoms with Crippen LogP contribution in [-0.2, 0) is 0 Å². The number of carbonyl (C=O) groups excluding carboxylic acids is 2. The van der Waals surface area contributed by atoms with Crippen LogP contribution in [0.25, 0.3) is 0 Å². The van der Waals surface area contributed by atoms with Gasteiger partial charge < -0.3 is 14.8 Å². The standard InChI is InChI=1S/C21H27N3O2/c1-14(2)17-5-7-18(8-6-17)20(25)23-9-11-24(12-10-23)21(26)19-13-15(3)22-16(19)4/h5-8,13-14,22H,9-12H2,1-4H3. The van der Waals surface area contributed by atoms with Crippen molar-refractivity contribution in [3.8, 4) is 0 Å². The molecule has 5 heteroatoms. The number of hydrogen-bond donors (Lipinski definition) is 1. The molecule has 26 heavy (non-hydrogen) atoms. The van der Waals surface area contributed by atoms with Crippen molar-refractivity contribution in [3.05, 3.63) is 58.4 Å². The zero-order valence-electron chi connectivity index (χ0n) is 16.0. The molecule has 0 radical (unpaired) electrons. The van der Waals surface area contributed by atoms with Gasteiger partial charge in [-0.2, -0.15) is 0 Å². The van der Waals surface area contributed by atoms with Crippen molar-refractivity contribution in [1.82, 2.24) is 14.8 Å². The highest BCUT2D eigenvalue weighted by molar-refractivity contribution is 5.96. The Morgan fingerprint density at radius 1 is 0.923 bits per heavy atom. The summed E-state index contributed by atoms with van der Waals surface area (Å²) in [5.41, 5.74) is 4.56. The summed E-state index contributed by atoms with van der Waals surface area (Å²) < 4.78 is 0. The van der Waals surface area contributed by atoms with Crippen molar-refractivity contribution in [1.29, 1.82) is 0 Å². The number of carbonyl (C=O) groups is 2. The quantitative estimate of drug-likeness (QED) is 0.920. The Balaban J connectivity index is 1.62. The Hall–Kier alpha value is -2.56. The number of nitrogens with zero attached hydrogens (tertiary/aromatic N) is 2. The maximum Gasteiger partial charge on any atom is 0.255 e. The van der Waals surface area contributed by atoms with E-state index in [0.29, 0.717) is 37.7 Å². The van der Waals surface area contributed by atoms with Gasteiger partial charge in [0, 0.05) is 43.1 Å². The van der Waals surface area contributed by atoms with Gasteiger partial charge in [0.15, 0.2) is 0 Å². The average Bonchev–Trinajstić information content (AvgIpc) is 2.99. The molecule has 1 saturated heterocycles. The van der Waals surface area contributed by atoms with Crippen LogP contribution < -0.4 is 0 Å². The molecule has 1 aromatic carbocycles. The van der Waals surface area contributed by atoms with E-state index in [1.165, 1.54) is 5.56 Å². The smallest absolute Gasteiger partial charge is 0.255 e. The SMILES string of the molecule is Cc1cc(C(=O)N2CCN(C(=O)c3ccc(C(C)C)cc3)CC2)c(C)[nH]1. The third kappa shape index (κ3) is 3.66. The summed E-state index contributed by atoms with van der Waals surface area (Å²) in [6, 6.07) is 9.75. The van der Waals surface area contributed by atoms with E-state index in [-0.39, 0.29) is 11.8 Å². The van der Waals surface area contributed by atoms with Gasteiger partial charge >= 0.3 is 0 Å². The van der Waals surface area contributed by atoms with E-state index >= 15 is 0 Å². The minimum Gasteiger partial charge on any atom is -0.362 e. The van der Waals surface area contributed by atoms with Crippen LogP contribution in [-0.4, -0.2) is 52.8 Å². The van der Waals surface area contributed by atoms with Gasteiger partial charge in [0.1, 0.15) is 0 Å². The lowest BCUT2D eigenvalue weighted by Crippen LogP contribution is -2.50. The fourth-order valence-electron chi connectivity index (χ4n) is 3.42. The molecule has 0 atom stereocenters. The third-order valence-electron chi connectivity index (χ3n) is 5.06. The number of nitrogens with one attached hydrogen (secondary N) is 1. The molecule has 0 spiro atoms. The highest BCUT2D eigenvalue weighted by Gasteiger charge is 2.26. The van der Waals surface area contributed by atoms with Crippen molar-refractivity contribution in [2.24, 2.45) is 0 Å². The maximum absolute atomic E-state index is 12.7. The number of hydrogen-bond acceptors (Lipinski definition) is 2. The summed E-state index contributed by atoms with van der Waals surface area (Å²) in [6.07, 6.45) is 0. The Bertz CT molecular complexity index is 797. The molecule has 0 bridgehead atoms. The Morgan fingerprint density at radius 3 is 1.92 bits per heavy atom. The molecule has 0 unspecified atom stereocenters. The van der Waals surface area contributed by atoms with Gasteiger partial charge in [0.2, 0.25) is 0 Å². The Labute approximate surface area is 155 Å². The third-order valence-corrected chi connectivity index (χ3v) is 5.06. The van der Waals surface area contributed by atoms with E-state index in [9.17, 15) is 9.59 Å². The fraction of sp³-hybridized carbons (Fsp3) is 0.429. The topological polar surface area (TPSA) is 56.4 Å². The predicted octanol–water partition coefficient (Wildman–Crippen LogP) is 3.35. The number of H-pyrrole nitrogens is 1. The van der Waals surface area contributed by atoms with E-state index in [4.69, 9.17) is 0 Å². The summed E-state index contributed by atoms with van der Waals surface area (Å²) in [5.74, 6) is 0.538. The molecule has 1 N–H and O–H groups in total. The fourth-order valence-corrected chi connectivity index (χ4v) is 3.42. The van der Waals surface area contributed by atoms with E-state index in [0.717, 1.165) is 17.0 Å². The van der Waals surface area contributed by atoms with Gasteiger partial charge in [-0.15, -0.1) is 0 Å². The van der Waals surface area contributed by atoms with Crippen LogP contribution in [0.3, 0.4) is 0 Å². The number of piperazine rings is 1. The molecule has 138 valence electrons. The molecule has 1 aliphatic rings. The van der Waals surface area contributed by atoms with Gasteiger partial charge in [-0.1, -0.05) is 26.0 Å². The molecular weight excluding hydrogens is 326 g/mol. The van der Waals surface area contributed by atoms with Crippen LogP contribution >= 0.6 is 0 Å². The lowest BCUT2D eigenvalue weighted by Gasteiger charge is -2.34. The van der Waals surface area contributed by atoms with Crippen LogP contribution in [0.2, 0.25) is 0 Å². The second-order valence-corrected chi connectivity index (χ2v) is 7.35. The summed E-state index contributed by atoms with van der Waals surface area (Å²) in [6.45, 7) is 10.4. The molecule has 1 aliphatic heterocycles. The highest BCUT2D eigenvalue weighted by Crippen LogP contribution is 2.18. The number of benzene rings is 1. The van der Waals surface area contributed by atoms with Crippen molar-refractivity contribution in [2.75, 3.05) is 26.2 Å². The van der Waals surface area contributed by atoms with Gasteiger partial charge in [0.25, 0.3) is 11.8 Å². The normalized spacial score (nSPS) is 14.8. The molecule has 2 amide bonds. The van der Waals surface area contributed by atoms with E-state index < -0.39 is 0 Å². The number of rotatable bonds is 3. The van der Waals surface area contributed by atoms with Crippen molar-refractivity contribution in [2.45, 2.75) is 33.6 Å². The van der Waals surface area contributed by atoms with E-state index in [1.807, 2.05) is 54.0 Å². The van der Waals surface area contributed by atoms with Gasteiger partial charge in [0.05, 0.1) is 5.56 Å². The van der Waals surface area contributed by atoms with Crippen LogP contribution in [0.15, 0.2) is 30.3 Å². The first-order valence-corrected chi connectivity index (χ1v) is 9.21. The molecule has 2 heterocycles. The zero-order valence-corrected chi connectivity index (χ0v) is 16.0. The predicted molar refractivity (Wildman–Crippen MR) is 103 cm³/mol. The second kappa shape index (κ2) is 7.36. The summed E-state index contributed by atoms with van der Waals surface area (Å²) in [7, 11) is 0. The number of amides is 2. The van der Waals surface area contributed by atoms with Gasteiger partial charge in [-0.3, -0.25) is 9.59 Å². The molecule has 0 aliphatic carbocycles. The van der Waals surface area contributed by atoms with E-state index in [2.05, 4.69) is 18.8 Å². The summed E-state index contributed by atoms with van der Waals surface area (Å²) in [5, 5.41) is 0. The highest BCUT2D eigenvalue weighted by atomic mass is 16.2.